The molecule has 1 heterocycles. The molecule has 0 aromatic carbocycles. The Morgan fingerprint density at radius 2 is 2.29 bits per heavy atom. The van der Waals surface area contributed by atoms with Crippen molar-refractivity contribution in [1.29, 1.82) is 0 Å². The first-order valence-corrected chi connectivity index (χ1v) is 6.62. The molecule has 4 nitrogen and oxygen atoms in total. The van der Waals surface area contributed by atoms with Gasteiger partial charge in [-0.15, -0.1) is 0 Å². The van der Waals surface area contributed by atoms with Gasteiger partial charge in [-0.25, -0.2) is 4.98 Å². The normalized spacial score (nSPS) is 38.8. The van der Waals surface area contributed by atoms with Crippen LogP contribution in [0.1, 0.15) is 45.9 Å². The van der Waals surface area contributed by atoms with Gasteiger partial charge >= 0.3 is 0 Å². The molecule has 3 rings (SSSR count). The lowest BCUT2D eigenvalue weighted by Crippen LogP contribution is -2.44. The van der Waals surface area contributed by atoms with Crippen LogP contribution in [-0.4, -0.2) is 21.2 Å². The quantitative estimate of drug-likeness (QED) is 0.842. The summed E-state index contributed by atoms with van der Waals surface area (Å²) in [5.41, 5.74) is 0.920. The molecule has 4 heteroatoms. The van der Waals surface area contributed by atoms with Crippen LogP contribution >= 0.6 is 0 Å². The zero-order chi connectivity index (χ0) is 12.1. The van der Waals surface area contributed by atoms with E-state index < -0.39 is 0 Å². The van der Waals surface area contributed by atoms with Gasteiger partial charge in [0.15, 0.2) is 0 Å². The SMILES string of the molecule is CC1(C)C2CCC1(C)C(NCc1ncn[nH]1)C2. The van der Waals surface area contributed by atoms with E-state index in [2.05, 4.69) is 41.3 Å². The molecule has 0 amide bonds. The van der Waals surface area contributed by atoms with Gasteiger partial charge in [0.2, 0.25) is 0 Å². The van der Waals surface area contributed by atoms with Crippen LogP contribution in [0.2, 0.25) is 0 Å². The third kappa shape index (κ3) is 1.46. The van der Waals surface area contributed by atoms with Crippen LogP contribution in [0.4, 0.5) is 0 Å². The first-order valence-electron chi connectivity index (χ1n) is 6.62. The van der Waals surface area contributed by atoms with Gasteiger partial charge in [0, 0.05) is 6.04 Å². The Balaban J connectivity index is 1.70. The first-order chi connectivity index (χ1) is 8.04. The Kier molecular flexibility index (Phi) is 2.34. The fraction of sp³-hybridized carbons (Fsp3) is 0.846. The lowest BCUT2D eigenvalue weighted by atomic mass is 9.69. The third-order valence-corrected chi connectivity index (χ3v) is 5.77. The summed E-state index contributed by atoms with van der Waals surface area (Å²) in [5.74, 6) is 1.83. The summed E-state index contributed by atoms with van der Waals surface area (Å²) in [4.78, 5) is 4.17. The van der Waals surface area contributed by atoms with Crippen LogP contribution in [0.25, 0.3) is 0 Å². The van der Waals surface area contributed by atoms with Gasteiger partial charge in [-0.05, 0) is 36.0 Å². The van der Waals surface area contributed by atoms with Crippen molar-refractivity contribution >= 4 is 0 Å². The molecule has 1 aromatic rings. The first kappa shape index (κ1) is 11.2. The van der Waals surface area contributed by atoms with Crippen LogP contribution < -0.4 is 5.32 Å². The van der Waals surface area contributed by atoms with Crippen molar-refractivity contribution in [1.82, 2.24) is 20.5 Å². The lowest BCUT2D eigenvalue weighted by molar-refractivity contribution is 0.120. The van der Waals surface area contributed by atoms with Crippen molar-refractivity contribution in [2.24, 2.45) is 16.7 Å². The molecule has 2 N–H and O–H groups in total. The number of aromatic amines is 1. The topological polar surface area (TPSA) is 53.6 Å². The molecule has 2 fully saturated rings. The van der Waals surface area contributed by atoms with E-state index in [9.17, 15) is 0 Å². The fourth-order valence-electron chi connectivity index (χ4n) is 4.05. The summed E-state index contributed by atoms with van der Waals surface area (Å²) in [6.07, 6.45) is 5.66. The van der Waals surface area contributed by atoms with E-state index in [4.69, 9.17) is 0 Å². The molecular formula is C13H22N4. The molecule has 1 aromatic heterocycles. The number of aromatic nitrogens is 3. The average Bonchev–Trinajstić information content (AvgIpc) is 2.91. The Morgan fingerprint density at radius 3 is 2.82 bits per heavy atom. The highest BCUT2D eigenvalue weighted by Crippen LogP contribution is 2.65. The van der Waals surface area contributed by atoms with Gasteiger partial charge < -0.3 is 5.32 Å². The van der Waals surface area contributed by atoms with E-state index in [0.717, 1.165) is 18.3 Å². The molecule has 0 aliphatic heterocycles. The monoisotopic (exact) mass is 234 g/mol. The van der Waals surface area contributed by atoms with E-state index in [1.54, 1.807) is 6.33 Å². The molecule has 0 saturated heterocycles. The predicted octanol–water partition coefficient (Wildman–Crippen LogP) is 2.11. The van der Waals surface area contributed by atoms with E-state index in [-0.39, 0.29) is 0 Å². The maximum atomic E-state index is 4.17. The van der Waals surface area contributed by atoms with Crippen molar-refractivity contribution in [2.45, 2.75) is 52.6 Å². The summed E-state index contributed by atoms with van der Waals surface area (Å²) in [6, 6.07) is 0.626. The van der Waals surface area contributed by atoms with Gasteiger partial charge in [-0.3, -0.25) is 5.10 Å². The largest absolute Gasteiger partial charge is 0.306 e. The smallest absolute Gasteiger partial charge is 0.138 e. The molecule has 2 saturated carbocycles. The van der Waals surface area contributed by atoms with Crippen molar-refractivity contribution in [3.63, 3.8) is 0 Å². The van der Waals surface area contributed by atoms with E-state index in [1.807, 2.05) is 0 Å². The van der Waals surface area contributed by atoms with Crippen molar-refractivity contribution in [3.8, 4) is 0 Å². The second kappa shape index (κ2) is 3.55. The zero-order valence-corrected chi connectivity index (χ0v) is 11.0. The van der Waals surface area contributed by atoms with Gasteiger partial charge in [-0.1, -0.05) is 20.8 Å². The standard InChI is InChI=1S/C13H22N4/c1-12(2)9-4-5-13(12,3)10(6-9)14-7-11-15-8-16-17-11/h8-10,14H,4-7H2,1-3H3,(H,15,16,17). The molecule has 0 spiro atoms. The predicted molar refractivity (Wildman–Crippen MR) is 66.2 cm³/mol. The maximum Gasteiger partial charge on any atom is 0.138 e. The van der Waals surface area contributed by atoms with Crippen molar-refractivity contribution < 1.29 is 0 Å². The summed E-state index contributed by atoms with van der Waals surface area (Å²) in [7, 11) is 0. The number of nitrogens with one attached hydrogen (secondary N) is 2. The minimum Gasteiger partial charge on any atom is -0.306 e. The van der Waals surface area contributed by atoms with Crippen LogP contribution in [0.3, 0.4) is 0 Å². The number of rotatable bonds is 3. The average molecular weight is 234 g/mol. The molecular weight excluding hydrogens is 212 g/mol. The fourth-order valence-corrected chi connectivity index (χ4v) is 4.05. The van der Waals surface area contributed by atoms with E-state index in [0.29, 0.717) is 16.9 Å². The lowest BCUT2D eigenvalue weighted by Gasteiger charge is -2.39. The van der Waals surface area contributed by atoms with Crippen molar-refractivity contribution in [3.05, 3.63) is 12.2 Å². The molecule has 2 bridgehead atoms. The van der Waals surface area contributed by atoms with E-state index >= 15 is 0 Å². The zero-order valence-electron chi connectivity index (χ0n) is 11.0. The Labute approximate surface area is 103 Å². The second-order valence-corrected chi connectivity index (χ2v) is 6.48. The Hall–Kier alpha value is -0.900. The maximum absolute atomic E-state index is 4.17. The van der Waals surface area contributed by atoms with Gasteiger partial charge in [0.05, 0.1) is 6.54 Å². The molecule has 0 radical (unpaired) electrons. The third-order valence-electron chi connectivity index (χ3n) is 5.77. The number of H-pyrrole nitrogens is 1. The minimum atomic E-state index is 0.442. The van der Waals surface area contributed by atoms with Crippen LogP contribution in [0.5, 0.6) is 0 Å². The summed E-state index contributed by atoms with van der Waals surface area (Å²) in [5, 5.41) is 10.5. The highest BCUT2D eigenvalue weighted by molar-refractivity contribution is 5.13. The van der Waals surface area contributed by atoms with E-state index in [1.165, 1.54) is 19.3 Å². The van der Waals surface area contributed by atoms with Gasteiger partial charge in [-0.2, -0.15) is 5.10 Å². The van der Waals surface area contributed by atoms with Crippen LogP contribution in [0, 0.1) is 16.7 Å². The summed E-state index contributed by atoms with van der Waals surface area (Å²) in [6.45, 7) is 8.16. The second-order valence-electron chi connectivity index (χ2n) is 6.48. The van der Waals surface area contributed by atoms with Gasteiger partial charge in [0.25, 0.3) is 0 Å². The number of fused-ring (bicyclic) bond motifs is 2. The van der Waals surface area contributed by atoms with Gasteiger partial charge in [0.1, 0.15) is 12.2 Å². The number of hydrogen-bond donors (Lipinski definition) is 2. The molecule has 2 aliphatic rings. The number of nitrogens with zero attached hydrogens (tertiary/aromatic N) is 2. The minimum absolute atomic E-state index is 0.442. The summed E-state index contributed by atoms with van der Waals surface area (Å²) < 4.78 is 0. The highest BCUT2D eigenvalue weighted by atomic mass is 15.2. The molecule has 94 valence electrons. The van der Waals surface area contributed by atoms with Crippen molar-refractivity contribution in [2.75, 3.05) is 0 Å². The molecule has 3 unspecified atom stereocenters. The van der Waals surface area contributed by atoms with Crippen LogP contribution in [-0.2, 0) is 6.54 Å². The molecule has 2 aliphatic carbocycles. The molecule has 17 heavy (non-hydrogen) atoms. The Morgan fingerprint density at radius 1 is 1.47 bits per heavy atom. The Bertz CT molecular complexity index is 398. The van der Waals surface area contributed by atoms with Crippen LogP contribution in [0.15, 0.2) is 6.33 Å². The number of hydrogen-bond acceptors (Lipinski definition) is 3. The summed E-state index contributed by atoms with van der Waals surface area (Å²) >= 11 is 0. The highest BCUT2D eigenvalue weighted by Gasteiger charge is 2.60. The molecule has 3 atom stereocenters.